The van der Waals surface area contributed by atoms with Gasteiger partial charge in [-0.3, -0.25) is 9.78 Å². The second-order valence-electron chi connectivity index (χ2n) is 8.12. The van der Waals surface area contributed by atoms with Crippen LogP contribution in [0.4, 0.5) is 16.0 Å². The molecule has 5 rings (SSSR count). The molecule has 2 N–H and O–H groups in total. The van der Waals surface area contributed by atoms with Crippen LogP contribution in [0.3, 0.4) is 0 Å². The number of rotatable bonds is 6. The number of aryl methyl sites for hydroxylation is 1. The zero-order valence-corrected chi connectivity index (χ0v) is 18.8. The third kappa shape index (κ3) is 4.29. The molecule has 34 heavy (non-hydrogen) atoms. The van der Waals surface area contributed by atoms with E-state index in [4.69, 9.17) is 14.5 Å². The molecule has 1 aliphatic rings. The first-order valence-corrected chi connectivity index (χ1v) is 11.0. The zero-order valence-electron chi connectivity index (χ0n) is 18.8. The average Bonchev–Trinajstić information content (AvgIpc) is 3.48. The van der Waals surface area contributed by atoms with Gasteiger partial charge in [0.1, 0.15) is 23.0 Å². The predicted octanol–water partition coefficient (Wildman–Crippen LogP) is 5.00. The standard InChI is InChI=1S/C25H24FN5O3.2H2/c1-27-24(32)22-13-18(7-9-28-22)34-17-4-6-23-21(12-17)30-25(31(23)2)29-16-3-5-20(26)19(11-16)15-8-10-33-14-15;;/h3-7,9,11-13,15H,8,10,14H2,1-2H3,(H,27,32)(H,29,30);2*1H. The van der Waals surface area contributed by atoms with E-state index >= 15 is 0 Å². The topological polar surface area (TPSA) is 90.3 Å². The van der Waals surface area contributed by atoms with Crippen molar-refractivity contribution in [3.05, 3.63) is 71.8 Å². The summed E-state index contributed by atoms with van der Waals surface area (Å²) < 4.78 is 27.7. The molecule has 0 radical (unpaired) electrons. The van der Waals surface area contributed by atoms with E-state index < -0.39 is 0 Å². The Morgan fingerprint density at radius 3 is 2.85 bits per heavy atom. The Kier molecular flexibility index (Phi) is 5.85. The highest BCUT2D eigenvalue weighted by Gasteiger charge is 2.21. The number of benzene rings is 2. The van der Waals surface area contributed by atoms with Crippen LogP contribution in [0.25, 0.3) is 11.0 Å². The molecule has 0 spiro atoms. The van der Waals surface area contributed by atoms with Gasteiger partial charge in [0.15, 0.2) is 0 Å². The summed E-state index contributed by atoms with van der Waals surface area (Å²) in [6.07, 6.45) is 2.34. The van der Waals surface area contributed by atoms with Gasteiger partial charge in [0.2, 0.25) is 5.95 Å². The molecule has 0 bridgehead atoms. The summed E-state index contributed by atoms with van der Waals surface area (Å²) in [7, 11) is 3.46. The van der Waals surface area contributed by atoms with Crippen LogP contribution in [0.2, 0.25) is 0 Å². The van der Waals surface area contributed by atoms with Gasteiger partial charge in [-0.1, -0.05) is 0 Å². The van der Waals surface area contributed by atoms with Gasteiger partial charge in [-0.25, -0.2) is 9.37 Å². The van der Waals surface area contributed by atoms with E-state index in [1.165, 1.54) is 12.3 Å². The Morgan fingerprint density at radius 1 is 1.21 bits per heavy atom. The average molecular weight is 466 g/mol. The lowest BCUT2D eigenvalue weighted by Gasteiger charge is -2.12. The van der Waals surface area contributed by atoms with Crippen molar-refractivity contribution in [1.29, 1.82) is 0 Å². The third-order valence-electron chi connectivity index (χ3n) is 5.90. The number of pyridine rings is 1. The first-order chi connectivity index (χ1) is 16.5. The second-order valence-corrected chi connectivity index (χ2v) is 8.12. The lowest BCUT2D eigenvalue weighted by molar-refractivity contribution is 0.0958. The fourth-order valence-electron chi connectivity index (χ4n) is 4.06. The number of imidazole rings is 1. The Hall–Kier alpha value is -3.98. The van der Waals surface area contributed by atoms with Gasteiger partial charge in [0, 0.05) is 53.5 Å². The summed E-state index contributed by atoms with van der Waals surface area (Å²) in [5.41, 5.74) is 3.33. The third-order valence-corrected chi connectivity index (χ3v) is 5.90. The molecule has 2 aromatic carbocycles. The number of hydrogen-bond acceptors (Lipinski definition) is 6. The summed E-state index contributed by atoms with van der Waals surface area (Å²) in [5.74, 6) is 1.26. The van der Waals surface area contributed by atoms with Gasteiger partial charge in [-0.2, -0.15) is 0 Å². The van der Waals surface area contributed by atoms with Crippen LogP contribution in [-0.2, 0) is 11.8 Å². The molecule has 1 unspecified atom stereocenters. The van der Waals surface area contributed by atoms with Crippen LogP contribution in [0.15, 0.2) is 54.7 Å². The molecule has 2 aromatic heterocycles. The summed E-state index contributed by atoms with van der Waals surface area (Å²) in [5, 5.41) is 5.84. The molecule has 1 atom stereocenters. The number of halogens is 1. The molecule has 1 aliphatic heterocycles. The largest absolute Gasteiger partial charge is 0.457 e. The van der Waals surface area contributed by atoms with Crippen molar-refractivity contribution in [2.24, 2.45) is 7.05 Å². The molecular formula is C25H28FN5O3. The van der Waals surface area contributed by atoms with Gasteiger partial charge in [0.25, 0.3) is 5.91 Å². The minimum atomic E-state index is -0.286. The van der Waals surface area contributed by atoms with Crippen molar-refractivity contribution in [1.82, 2.24) is 19.9 Å². The number of hydrogen-bond donors (Lipinski definition) is 2. The number of ether oxygens (including phenoxy) is 2. The molecule has 1 fully saturated rings. The van der Waals surface area contributed by atoms with Crippen molar-refractivity contribution >= 4 is 28.6 Å². The maximum Gasteiger partial charge on any atom is 0.269 e. The molecule has 3 heterocycles. The highest BCUT2D eigenvalue weighted by Crippen LogP contribution is 2.32. The van der Waals surface area contributed by atoms with Gasteiger partial charge < -0.3 is 24.7 Å². The Bertz CT molecular complexity index is 1380. The predicted molar refractivity (Wildman–Crippen MR) is 131 cm³/mol. The quantitative estimate of drug-likeness (QED) is 0.417. The number of anilines is 2. The Labute approximate surface area is 198 Å². The Morgan fingerprint density at radius 2 is 2.06 bits per heavy atom. The van der Waals surface area contributed by atoms with Crippen LogP contribution in [0, 0.1) is 5.82 Å². The van der Waals surface area contributed by atoms with Gasteiger partial charge >= 0.3 is 0 Å². The van der Waals surface area contributed by atoms with Crippen LogP contribution < -0.4 is 15.4 Å². The number of amides is 1. The highest BCUT2D eigenvalue weighted by atomic mass is 19.1. The van der Waals surface area contributed by atoms with Crippen molar-refractivity contribution in [2.45, 2.75) is 12.3 Å². The van der Waals surface area contributed by atoms with Crippen LogP contribution in [-0.4, -0.2) is 40.7 Å². The van der Waals surface area contributed by atoms with E-state index in [9.17, 15) is 9.18 Å². The fraction of sp³-hybridized carbons (Fsp3) is 0.240. The minimum absolute atomic E-state index is 0. The number of nitrogens with one attached hydrogen (secondary N) is 2. The first-order valence-electron chi connectivity index (χ1n) is 11.0. The number of carbonyl (C=O) groups excluding carboxylic acids is 1. The SMILES string of the molecule is CNC(=O)c1cc(Oc2ccc3c(c2)nc(Nc2ccc(F)c(C4CCOC4)c2)n3C)ccn1.[HH].[HH]. The van der Waals surface area contributed by atoms with E-state index in [-0.39, 0.29) is 26.2 Å². The normalized spacial score (nSPS) is 15.4. The lowest BCUT2D eigenvalue weighted by atomic mass is 9.97. The molecule has 8 nitrogen and oxygen atoms in total. The van der Waals surface area contributed by atoms with Gasteiger partial charge in [0.05, 0.1) is 17.6 Å². The molecule has 178 valence electrons. The van der Waals surface area contributed by atoms with E-state index in [0.717, 1.165) is 23.1 Å². The minimum Gasteiger partial charge on any atom is -0.457 e. The maximum atomic E-state index is 14.4. The van der Waals surface area contributed by atoms with E-state index in [1.807, 2.05) is 35.9 Å². The summed E-state index contributed by atoms with van der Waals surface area (Å²) in [6, 6.07) is 13.9. The first kappa shape index (κ1) is 21.8. The summed E-state index contributed by atoms with van der Waals surface area (Å²) in [6.45, 7) is 1.20. The number of nitrogens with zero attached hydrogens (tertiary/aromatic N) is 3. The van der Waals surface area contributed by atoms with Crippen molar-refractivity contribution in [3.63, 3.8) is 0 Å². The summed E-state index contributed by atoms with van der Waals surface area (Å²) >= 11 is 0. The van der Waals surface area contributed by atoms with Crippen LogP contribution >= 0.6 is 0 Å². The van der Waals surface area contributed by atoms with Gasteiger partial charge in [-0.15, -0.1) is 0 Å². The molecule has 0 saturated carbocycles. The van der Waals surface area contributed by atoms with Crippen LogP contribution in [0.1, 0.15) is 31.2 Å². The second kappa shape index (κ2) is 9.11. The Balaban J connectivity index is 0.00000180. The van der Waals surface area contributed by atoms with E-state index in [1.54, 1.807) is 25.2 Å². The smallest absolute Gasteiger partial charge is 0.269 e. The molecule has 1 amide bonds. The highest BCUT2D eigenvalue weighted by molar-refractivity contribution is 5.92. The molecule has 9 heteroatoms. The number of fused-ring (bicyclic) bond motifs is 1. The van der Waals surface area contributed by atoms with E-state index in [0.29, 0.717) is 36.2 Å². The fourth-order valence-corrected chi connectivity index (χ4v) is 4.06. The molecule has 1 saturated heterocycles. The van der Waals surface area contributed by atoms with Gasteiger partial charge in [-0.05, 0) is 48.4 Å². The number of carbonyl (C=O) groups is 1. The van der Waals surface area contributed by atoms with Crippen LogP contribution in [0.5, 0.6) is 11.5 Å². The summed E-state index contributed by atoms with van der Waals surface area (Å²) in [4.78, 5) is 20.6. The zero-order chi connectivity index (χ0) is 23.7. The van der Waals surface area contributed by atoms with Crippen molar-refractivity contribution in [3.8, 4) is 11.5 Å². The van der Waals surface area contributed by atoms with E-state index in [2.05, 4.69) is 15.6 Å². The number of aromatic nitrogens is 3. The molecule has 4 aromatic rings. The van der Waals surface area contributed by atoms with Crippen molar-refractivity contribution < 1.29 is 21.5 Å². The lowest BCUT2D eigenvalue weighted by Crippen LogP contribution is -2.18. The molecular weight excluding hydrogens is 437 g/mol. The van der Waals surface area contributed by atoms with Crippen molar-refractivity contribution in [2.75, 3.05) is 25.6 Å². The maximum absolute atomic E-state index is 14.4. The molecule has 0 aliphatic carbocycles. The monoisotopic (exact) mass is 465 g/mol.